The molecule has 2 N–H and O–H groups in total. The van der Waals surface area contributed by atoms with Crippen LogP contribution in [0.15, 0.2) is 40.9 Å². The van der Waals surface area contributed by atoms with E-state index in [1.54, 1.807) is 0 Å². The van der Waals surface area contributed by atoms with Crippen molar-refractivity contribution in [1.82, 2.24) is 0 Å². The van der Waals surface area contributed by atoms with E-state index < -0.39 is 0 Å². The SMILES string of the molecule is Cc1ccc(N(C)Cc2ccc(N)cc2Br)c(C)c1. The van der Waals surface area contributed by atoms with Crippen molar-refractivity contribution >= 4 is 27.3 Å². The number of nitrogens with zero attached hydrogens (tertiary/aromatic N) is 1. The number of hydrogen-bond donors (Lipinski definition) is 1. The fourth-order valence-corrected chi connectivity index (χ4v) is 2.79. The molecule has 0 spiro atoms. The van der Waals surface area contributed by atoms with Gasteiger partial charge in [0, 0.05) is 29.4 Å². The Hall–Kier alpha value is -1.48. The molecule has 0 fully saturated rings. The third-order valence-electron chi connectivity index (χ3n) is 3.25. The van der Waals surface area contributed by atoms with Crippen LogP contribution in [0.2, 0.25) is 0 Å². The molecule has 0 saturated carbocycles. The third kappa shape index (κ3) is 3.29. The first-order valence-electron chi connectivity index (χ1n) is 6.29. The summed E-state index contributed by atoms with van der Waals surface area (Å²) in [6, 6.07) is 12.5. The summed E-state index contributed by atoms with van der Waals surface area (Å²) in [5, 5.41) is 0. The Labute approximate surface area is 123 Å². The maximum atomic E-state index is 5.77. The molecule has 0 unspecified atom stereocenters. The molecule has 2 aromatic carbocycles. The van der Waals surface area contributed by atoms with Gasteiger partial charge in [0.15, 0.2) is 0 Å². The lowest BCUT2D eigenvalue weighted by atomic mass is 10.1. The number of hydrogen-bond acceptors (Lipinski definition) is 2. The largest absolute Gasteiger partial charge is 0.399 e. The molecule has 0 aromatic heterocycles. The first-order valence-corrected chi connectivity index (χ1v) is 7.09. The molecule has 0 saturated heterocycles. The van der Waals surface area contributed by atoms with Gasteiger partial charge in [-0.1, -0.05) is 39.7 Å². The molecule has 3 heteroatoms. The second kappa shape index (κ2) is 5.66. The highest BCUT2D eigenvalue weighted by molar-refractivity contribution is 9.10. The van der Waals surface area contributed by atoms with Gasteiger partial charge < -0.3 is 10.6 Å². The Morgan fingerprint density at radius 3 is 2.47 bits per heavy atom. The van der Waals surface area contributed by atoms with Gasteiger partial charge in [-0.3, -0.25) is 0 Å². The van der Waals surface area contributed by atoms with Gasteiger partial charge in [0.25, 0.3) is 0 Å². The first kappa shape index (κ1) is 13.9. The lowest BCUT2D eigenvalue weighted by Gasteiger charge is -2.22. The van der Waals surface area contributed by atoms with E-state index in [2.05, 4.69) is 66.0 Å². The Bertz CT molecular complexity index is 593. The first-order chi connectivity index (χ1) is 8.97. The molecule has 0 heterocycles. The topological polar surface area (TPSA) is 29.3 Å². The molecule has 2 nitrogen and oxygen atoms in total. The van der Waals surface area contributed by atoms with Crippen molar-refractivity contribution in [1.29, 1.82) is 0 Å². The molecule has 2 rings (SSSR count). The molecule has 19 heavy (non-hydrogen) atoms. The van der Waals surface area contributed by atoms with Gasteiger partial charge >= 0.3 is 0 Å². The molecule has 0 amide bonds. The van der Waals surface area contributed by atoms with Crippen LogP contribution in [0.3, 0.4) is 0 Å². The molecule has 0 atom stereocenters. The highest BCUT2D eigenvalue weighted by atomic mass is 79.9. The zero-order valence-corrected chi connectivity index (χ0v) is 13.2. The van der Waals surface area contributed by atoms with Crippen molar-refractivity contribution in [3.05, 3.63) is 57.6 Å². The number of nitrogen functional groups attached to an aromatic ring is 1. The predicted octanol–water partition coefficient (Wildman–Crippen LogP) is 4.28. The average Bonchev–Trinajstić information content (AvgIpc) is 2.32. The van der Waals surface area contributed by atoms with Gasteiger partial charge in [0.2, 0.25) is 0 Å². The summed E-state index contributed by atoms with van der Waals surface area (Å²) in [6.07, 6.45) is 0. The second-order valence-electron chi connectivity index (χ2n) is 5.00. The van der Waals surface area contributed by atoms with E-state index in [1.165, 1.54) is 22.4 Å². The van der Waals surface area contributed by atoms with E-state index in [0.717, 1.165) is 16.7 Å². The van der Waals surface area contributed by atoms with Crippen molar-refractivity contribution in [3.8, 4) is 0 Å². The summed E-state index contributed by atoms with van der Waals surface area (Å²) in [5.74, 6) is 0. The summed E-state index contributed by atoms with van der Waals surface area (Å²) < 4.78 is 1.06. The highest BCUT2D eigenvalue weighted by Crippen LogP contribution is 2.25. The number of rotatable bonds is 3. The van der Waals surface area contributed by atoms with E-state index in [1.807, 2.05) is 12.1 Å². The summed E-state index contributed by atoms with van der Waals surface area (Å²) in [6.45, 7) is 5.12. The molecular weight excluding hydrogens is 300 g/mol. The van der Waals surface area contributed by atoms with Gasteiger partial charge in [0.05, 0.1) is 0 Å². The molecule has 100 valence electrons. The number of aryl methyl sites for hydroxylation is 2. The minimum atomic E-state index is 0.782. The van der Waals surface area contributed by atoms with Crippen LogP contribution in [0.1, 0.15) is 16.7 Å². The molecule has 0 aliphatic rings. The molecule has 2 aromatic rings. The molecule has 0 radical (unpaired) electrons. The third-order valence-corrected chi connectivity index (χ3v) is 3.99. The Balaban J connectivity index is 2.23. The minimum absolute atomic E-state index is 0.782. The van der Waals surface area contributed by atoms with Crippen molar-refractivity contribution in [3.63, 3.8) is 0 Å². The fourth-order valence-electron chi connectivity index (χ4n) is 2.27. The number of anilines is 2. The zero-order valence-electron chi connectivity index (χ0n) is 11.6. The van der Waals surface area contributed by atoms with Crippen molar-refractivity contribution in [2.24, 2.45) is 0 Å². The van der Waals surface area contributed by atoms with Crippen LogP contribution in [-0.4, -0.2) is 7.05 Å². The summed E-state index contributed by atoms with van der Waals surface area (Å²) >= 11 is 3.57. The zero-order chi connectivity index (χ0) is 14.0. The van der Waals surface area contributed by atoms with Gasteiger partial charge in [-0.15, -0.1) is 0 Å². The normalized spacial score (nSPS) is 10.5. The maximum Gasteiger partial charge on any atom is 0.0437 e. The smallest absolute Gasteiger partial charge is 0.0437 e. The van der Waals surface area contributed by atoms with E-state index >= 15 is 0 Å². The summed E-state index contributed by atoms with van der Waals surface area (Å²) in [4.78, 5) is 2.26. The Morgan fingerprint density at radius 1 is 1.11 bits per heavy atom. The van der Waals surface area contributed by atoms with Gasteiger partial charge in [-0.2, -0.15) is 0 Å². The van der Waals surface area contributed by atoms with Crippen LogP contribution in [0.4, 0.5) is 11.4 Å². The van der Waals surface area contributed by atoms with Gasteiger partial charge in [0.1, 0.15) is 0 Å². The minimum Gasteiger partial charge on any atom is -0.399 e. The Kier molecular flexibility index (Phi) is 4.15. The number of halogens is 1. The predicted molar refractivity (Wildman–Crippen MR) is 86.6 cm³/mol. The number of benzene rings is 2. The van der Waals surface area contributed by atoms with Crippen molar-refractivity contribution < 1.29 is 0 Å². The van der Waals surface area contributed by atoms with E-state index in [0.29, 0.717) is 0 Å². The lowest BCUT2D eigenvalue weighted by Crippen LogP contribution is -2.17. The second-order valence-corrected chi connectivity index (χ2v) is 5.85. The maximum absolute atomic E-state index is 5.77. The molecule has 0 aliphatic carbocycles. The molecular formula is C16H19BrN2. The standard InChI is InChI=1S/C16H19BrN2/c1-11-4-7-16(12(2)8-11)19(3)10-13-5-6-14(18)9-15(13)17/h4-9H,10,18H2,1-3H3. The lowest BCUT2D eigenvalue weighted by molar-refractivity contribution is 0.912. The van der Waals surface area contributed by atoms with Gasteiger partial charge in [-0.25, -0.2) is 0 Å². The molecule has 0 bridgehead atoms. The monoisotopic (exact) mass is 318 g/mol. The molecule has 0 aliphatic heterocycles. The number of nitrogens with two attached hydrogens (primary N) is 1. The van der Waals surface area contributed by atoms with Crippen LogP contribution >= 0.6 is 15.9 Å². The Morgan fingerprint density at radius 2 is 1.84 bits per heavy atom. The van der Waals surface area contributed by atoms with Gasteiger partial charge in [-0.05, 0) is 43.2 Å². The van der Waals surface area contributed by atoms with Crippen LogP contribution in [-0.2, 0) is 6.54 Å². The van der Waals surface area contributed by atoms with Crippen molar-refractivity contribution in [2.45, 2.75) is 20.4 Å². The summed E-state index contributed by atoms with van der Waals surface area (Å²) in [5.41, 5.74) is 11.6. The van der Waals surface area contributed by atoms with Crippen molar-refractivity contribution in [2.75, 3.05) is 17.7 Å². The van der Waals surface area contributed by atoms with E-state index in [4.69, 9.17) is 5.73 Å². The van der Waals surface area contributed by atoms with Crippen LogP contribution in [0.5, 0.6) is 0 Å². The van der Waals surface area contributed by atoms with E-state index in [9.17, 15) is 0 Å². The van der Waals surface area contributed by atoms with Crippen LogP contribution < -0.4 is 10.6 Å². The van der Waals surface area contributed by atoms with E-state index in [-0.39, 0.29) is 0 Å². The fraction of sp³-hybridized carbons (Fsp3) is 0.250. The van der Waals surface area contributed by atoms with Crippen LogP contribution in [0, 0.1) is 13.8 Å². The summed E-state index contributed by atoms with van der Waals surface area (Å²) in [7, 11) is 2.11. The average molecular weight is 319 g/mol. The highest BCUT2D eigenvalue weighted by Gasteiger charge is 2.08. The quantitative estimate of drug-likeness (QED) is 0.856. The van der Waals surface area contributed by atoms with Crippen LogP contribution in [0.25, 0.3) is 0 Å².